The van der Waals surface area contributed by atoms with Gasteiger partial charge in [0, 0.05) is 5.02 Å². The molecule has 0 aliphatic rings. The van der Waals surface area contributed by atoms with Gasteiger partial charge in [-0.25, -0.2) is 0 Å². The summed E-state index contributed by atoms with van der Waals surface area (Å²) in [6.45, 7) is 0. The van der Waals surface area contributed by atoms with Crippen LogP contribution in [0.3, 0.4) is 0 Å². The number of anilines is 1. The Morgan fingerprint density at radius 2 is 2.00 bits per heavy atom. The topological polar surface area (TPSA) is 103 Å². The fraction of sp³-hybridized carbons (Fsp3) is 0.0588. The van der Waals surface area contributed by atoms with Gasteiger partial charge < -0.3 is 11.1 Å². The van der Waals surface area contributed by atoms with E-state index in [2.05, 4.69) is 15.5 Å². The molecule has 2 amide bonds. The van der Waals surface area contributed by atoms with Crippen molar-refractivity contribution in [3.63, 3.8) is 0 Å². The van der Waals surface area contributed by atoms with Crippen LogP contribution in [-0.4, -0.2) is 32.3 Å². The Balaban J connectivity index is 1.68. The summed E-state index contributed by atoms with van der Waals surface area (Å²) in [5.41, 5.74) is 6.74. The number of benzene rings is 2. The zero-order valence-corrected chi connectivity index (χ0v) is 15.0. The predicted molar refractivity (Wildman–Crippen MR) is 101 cm³/mol. The summed E-state index contributed by atoms with van der Waals surface area (Å²) in [6.07, 6.45) is 1.55. The number of nitrogens with one attached hydrogen (secondary N) is 1. The second-order valence-electron chi connectivity index (χ2n) is 5.21. The number of thioether (sulfide) groups is 1. The van der Waals surface area contributed by atoms with Crippen molar-refractivity contribution in [3.8, 4) is 5.69 Å². The van der Waals surface area contributed by atoms with E-state index < -0.39 is 5.91 Å². The molecule has 1 aromatic heterocycles. The molecule has 26 heavy (non-hydrogen) atoms. The van der Waals surface area contributed by atoms with Crippen LogP contribution >= 0.6 is 23.4 Å². The molecule has 0 spiro atoms. The minimum atomic E-state index is -0.603. The zero-order valence-electron chi connectivity index (χ0n) is 13.4. The first-order valence-corrected chi connectivity index (χ1v) is 8.88. The van der Waals surface area contributed by atoms with Crippen LogP contribution in [0.2, 0.25) is 5.02 Å². The normalized spacial score (nSPS) is 10.5. The first-order valence-electron chi connectivity index (χ1n) is 7.52. The summed E-state index contributed by atoms with van der Waals surface area (Å²) in [6, 6.07) is 13.8. The summed E-state index contributed by atoms with van der Waals surface area (Å²) in [5, 5.41) is 11.7. The summed E-state index contributed by atoms with van der Waals surface area (Å²) in [5.74, 6) is -0.801. The third kappa shape index (κ3) is 4.22. The van der Waals surface area contributed by atoms with Crippen LogP contribution in [0.4, 0.5) is 5.69 Å². The molecule has 0 aliphatic heterocycles. The van der Waals surface area contributed by atoms with E-state index in [1.165, 1.54) is 11.8 Å². The van der Waals surface area contributed by atoms with Crippen molar-refractivity contribution in [2.45, 2.75) is 5.16 Å². The summed E-state index contributed by atoms with van der Waals surface area (Å²) < 4.78 is 1.74. The highest BCUT2D eigenvalue weighted by Crippen LogP contribution is 2.22. The lowest BCUT2D eigenvalue weighted by Crippen LogP contribution is -2.19. The molecule has 0 radical (unpaired) electrons. The lowest BCUT2D eigenvalue weighted by Gasteiger charge is -2.09. The maximum atomic E-state index is 12.2. The van der Waals surface area contributed by atoms with E-state index in [1.54, 1.807) is 47.3 Å². The van der Waals surface area contributed by atoms with Crippen LogP contribution in [0, 0.1) is 0 Å². The largest absolute Gasteiger partial charge is 0.366 e. The smallest absolute Gasteiger partial charge is 0.250 e. The number of hydrogen-bond donors (Lipinski definition) is 2. The van der Waals surface area contributed by atoms with Gasteiger partial charge in [0.2, 0.25) is 5.91 Å². The molecule has 0 bridgehead atoms. The molecule has 9 heteroatoms. The zero-order chi connectivity index (χ0) is 18.5. The fourth-order valence-corrected chi connectivity index (χ4v) is 3.16. The molecular formula is C17H14ClN5O2S. The second-order valence-corrected chi connectivity index (χ2v) is 6.59. The number of para-hydroxylation sites is 1. The first-order chi connectivity index (χ1) is 12.5. The molecule has 3 aromatic rings. The van der Waals surface area contributed by atoms with Crippen LogP contribution in [0.25, 0.3) is 5.69 Å². The summed E-state index contributed by atoms with van der Waals surface area (Å²) >= 11 is 7.22. The Hall–Kier alpha value is -2.84. The Labute approximate surface area is 158 Å². The Kier molecular flexibility index (Phi) is 5.55. The average molecular weight is 388 g/mol. The van der Waals surface area contributed by atoms with Crippen molar-refractivity contribution in [1.29, 1.82) is 0 Å². The van der Waals surface area contributed by atoms with Gasteiger partial charge in [0.05, 0.1) is 22.7 Å². The first kappa shape index (κ1) is 18.0. The molecule has 0 aliphatic carbocycles. The van der Waals surface area contributed by atoms with Gasteiger partial charge in [-0.2, -0.15) is 0 Å². The van der Waals surface area contributed by atoms with Crippen molar-refractivity contribution in [2.24, 2.45) is 5.73 Å². The number of carbonyl (C=O) groups is 2. The SMILES string of the molecule is NC(=O)c1ccccc1NC(=O)CSc1nncn1-c1cccc(Cl)c1. The maximum absolute atomic E-state index is 12.2. The van der Waals surface area contributed by atoms with Crippen molar-refractivity contribution in [3.05, 3.63) is 65.4 Å². The maximum Gasteiger partial charge on any atom is 0.250 e. The standard InChI is InChI=1S/C17H14ClN5O2S/c18-11-4-3-5-12(8-11)23-10-20-22-17(23)26-9-15(24)21-14-7-2-1-6-13(14)16(19)25/h1-8,10H,9H2,(H2,19,25)(H,21,24). The van der Waals surface area contributed by atoms with E-state index in [0.717, 1.165) is 5.69 Å². The number of hydrogen-bond acceptors (Lipinski definition) is 5. The molecule has 0 fully saturated rings. The summed E-state index contributed by atoms with van der Waals surface area (Å²) in [4.78, 5) is 23.6. The van der Waals surface area contributed by atoms with Gasteiger partial charge in [-0.1, -0.05) is 41.6 Å². The van der Waals surface area contributed by atoms with Gasteiger partial charge in [0.1, 0.15) is 6.33 Å². The van der Waals surface area contributed by atoms with E-state index in [-0.39, 0.29) is 17.2 Å². The van der Waals surface area contributed by atoms with Crippen molar-refractivity contribution in [1.82, 2.24) is 14.8 Å². The lowest BCUT2D eigenvalue weighted by atomic mass is 10.1. The van der Waals surface area contributed by atoms with Crippen molar-refractivity contribution in [2.75, 3.05) is 11.1 Å². The summed E-state index contributed by atoms with van der Waals surface area (Å²) in [7, 11) is 0. The molecule has 0 unspecified atom stereocenters. The molecule has 0 saturated heterocycles. The molecule has 2 aromatic carbocycles. The Morgan fingerprint density at radius 3 is 2.77 bits per heavy atom. The Bertz CT molecular complexity index is 960. The van der Waals surface area contributed by atoms with Crippen LogP contribution in [0.1, 0.15) is 10.4 Å². The monoisotopic (exact) mass is 387 g/mol. The van der Waals surface area contributed by atoms with Gasteiger partial charge in [-0.3, -0.25) is 14.2 Å². The molecule has 3 rings (SSSR count). The highest BCUT2D eigenvalue weighted by molar-refractivity contribution is 7.99. The van der Waals surface area contributed by atoms with Gasteiger partial charge >= 0.3 is 0 Å². The molecule has 7 nitrogen and oxygen atoms in total. The van der Waals surface area contributed by atoms with E-state index in [9.17, 15) is 9.59 Å². The number of nitrogens with two attached hydrogens (primary N) is 1. The van der Waals surface area contributed by atoms with Gasteiger partial charge in [-0.05, 0) is 30.3 Å². The number of primary amides is 1. The molecule has 1 heterocycles. The third-order valence-electron chi connectivity index (χ3n) is 3.40. The fourth-order valence-electron chi connectivity index (χ4n) is 2.25. The lowest BCUT2D eigenvalue weighted by molar-refractivity contribution is -0.113. The predicted octanol–water partition coefficient (Wildman–Crippen LogP) is 2.75. The highest BCUT2D eigenvalue weighted by atomic mass is 35.5. The molecule has 132 valence electrons. The second kappa shape index (κ2) is 8.03. The van der Waals surface area contributed by atoms with Crippen LogP contribution < -0.4 is 11.1 Å². The van der Waals surface area contributed by atoms with Crippen molar-refractivity contribution < 1.29 is 9.59 Å². The Morgan fingerprint density at radius 1 is 1.19 bits per heavy atom. The quantitative estimate of drug-likeness (QED) is 0.633. The highest BCUT2D eigenvalue weighted by Gasteiger charge is 2.13. The number of rotatable bonds is 6. The van der Waals surface area contributed by atoms with E-state index in [0.29, 0.717) is 15.9 Å². The van der Waals surface area contributed by atoms with E-state index >= 15 is 0 Å². The number of carbonyl (C=O) groups excluding carboxylic acids is 2. The van der Waals surface area contributed by atoms with Crippen LogP contribution in [-0.2, 0) is 4.79 Å². The molecule has 0 saturated carbocycles. The minimum absolute atomic E-state index is 0.0896. The minimum Gasteiger partial charge on any atom is -0.366 e. The van der Waals surface area contributed by atoms with E-state index in [1.807, 2.05) is 12.1 Å². The third-order valence-corrected chi connectivity index (χ3v) is 4.58. The molecule has 3 N–H and O–H groups in total. The van der Waals surface area contributed by atoms with Crippen molar-refractivity contribution >= 4 is 40.9 Å². The van der Waals surface area contributed by atoms with Gasteiger partial charge in [-0.15, -0.1) is 10.2 Å². The number of nitrogens with zero attached hydrogens (tertiary/aromatic N) is 3. The van der Waals surface area contributed by atoms with Crippen LogP contribution in [0.15, 0.2) is 60.0 Å². The average Bonchev–Trinajstić information content (AvgIpc) is 3.09. The number of aromatic nitrogens is 3. The molecular weight excluding hydrogens is 374 g/mol. The number of halogens is 1. The van der Waals surface area contributed by atoms with Gasteiger partial charge in [0.25, 0.3) is 5.91 Å². The van der Waals surface area contributed by atoms with Crippen LogP contribution in [0.5, 0.6) is 0 Å². The molecule has 0 atom stereocenters. The van der Waals surface area contributed by atoms with Gasteiger partial charge in [0.15, 0.2) is 5.16 Å². The number of amides is 2. The van der Waals surface area contributed by atoms with E-state index in [4.69, 9.17) is 17.3 Å².